The van der Waals surface area contributed by atoms with E-state index in [1.165, 1.54) is 0 Å². The lowest BCUT2D eigenvalue weighted by Gasteiger charge is -1.93. The fraction of sp³-hybridized carbons (Fsp3) is 0.500. The van der Waals surface area contributed by atoms with Gasteiger partial charge in [-0.2, -0.15) is 0 Å². The third kappa shape index (κ3) is 7.34. The second kappa shape index (κ2) is 11.2. The number of rotatable bonds is 3. The zero-order chi connectivity index (χ0) is 8.41. The first-order valence-corrected chi connectivity index (χ1v) is 3.54. The highest BCUT2D eigenvalue weighted by Crippen LogP contribution is 1.95. The van der Waals surface area contributed by atoms with Gasteiger partial charge in [0.1, 0.15) is 0 Å². The summed E-state index contributed by atoms with van der Waals surface area (Å²) in [5, 5.41) is 2.86. The van der Waals surface area contributed by atoms with Crippen LogP contribution in [0.2, 0.25) is 6.32 Å². The van der Waals surface area contributed by atoms with Crippen LogP contribution in [0, 0.1) is 0 Å². The summed E-state index contributed by atoms with van der Waals surface area (Å²) in [6.07, 6.45) is 4.11. The second-order valence-electron chi connectivity index (χ2n) is 1.42. The third-order valence-corrected chi connectivity index (χ3v) is 0.828. The molecule has 0 saturated carbocycles. The fourth-order valence-electron chi connectivity index (χ4n) is 0.387. The highest BCUT2D eigenvalue weighted by molar-refractivity contribution is 6.10. The third-order valence-electron chi connectivity index (χ3n) is 0.828. The fourth-order valence-corrected chi connectivity index (χ4v) is 0.387. The largest absolute Gasteiger partial charge is 0.394 e. The molecule has 0 atom stereocenters. The predicted octanol–water partition coefficient (Wildman–Crippen LogP) is 1.89. The zero-order valence-corrected chi connectivity index (χ0v) is 7.15. The average molecular weight is 137 g/mol. The lowest BCUT2D eigenvalue weighted by molar-refractivity contribution is 1.08. The molecule has 56 valence electrons. The lowest BCUT2D eigenvalue weighted by Crippen LogP contribution is -1.94. The molecule has 1 nitrogen and oxygen atoms in total. The van der Waals surface area contributed by atoms with E-state index in [0.717, 1.165) is 5.57 Å². The first-order chi connectivity index (χ1) is 4.85. The molecule has 0 aliphatic carbocycles. The summed E-state index contributed by atoms with van der Waals surface area (Å²) < 4.78 is 0. The van der Waals surface area contributed by atoms with Crippen LogP contribution in [0.5, 0.6) is 0 Å². The van der Waals surface area contributed by atoms with Crippen molar-refractivity contribution in [3.8, 4) is 0 Å². The molecule has 0 aromatic carbocycles. The van der Waals surface area contributed by atoms with Gasteiger partial charge in [-0.05, 0) is 11.8 Å². The van der Waals surface area contributed by atoms with Crippen LogP contribution >= 0.6 is 0 Å². The molecule has 0 amide bonds. The SMILES string of the molecule is CC.[B]C/C(C=C)=C/NC. The zero-order valence-electron chi connectivity index (χ0n) is 7.15. The van der Waals surface area contributed by atoms with Crippen LogP contribution in [0.4, 0.5) is 0 Å². The van der Waals surface area contributed by atoms with Gasteiger partial charge >= 0.3 is 0 Å². The van der Waals surface area contributed by atoms with E-state index in [0.29, 0.717) is 6.32 Å². The summed E-state index contributed by atoms with van der Waals surface area (Å²) in [6, 6.07) is 0. The molecule has 0 aliphatic heterocycles. The first-order valence-electron chi connectivity index (χ1n) is 3.54. The van der Waals surface area contributed by atoms with E-state index >= 15 is 0 Å². The standard InChI is InChI=1S/C6H10BN.C2H6/c1-3-6(4-7)5-8-2;1-2/h3,5,8H,1,4H2,2H3;1-2H3/b6-5+;. The molecular formula is C8H16BN. The van der Waals surface area contributed by atoms with Crippen LogP contribution in [0.25, 0.3) is 0 Å². The van der Waals surface area contributed by atoms with Gasteiger partial charge in [0.15, 0.2) is 0 Å². The number of nitrogens with one attached hydrogen (secondary N) is 1. The molecule has 0 aromatic heterocycles. The molecule has 0 spiro atoms. The Morgan fingerprint density at radius 1 is 1.60 bits per heavy atom. The maximum absolute atomic E-state index is 5.29. The normalized spacial score (nSPS) is 9.30. The van der Waals surface area contributed by atoms with Crippen LogP contribution in [0.15, 0.2) is 24.4 Å². The lowest BCUT2D eigenvalue weighted by atomic mass is 9.98. The van der Waals surface area contributed by atoms with Crippen molar-refractivity contribution < 1.29 is 0 Å². The van der Waals surface area contributed by atoms with Crippen LogP contribution in [-0.2, 0) is 0 Å². The van der Waals surface area contributed by atoms with Gasteiger partial charge in [-0.1, -0.05) is 32.8 Å². The number of allylic oxidation sites excluding steroid dienone is 2. The van der Waals surface area contributed by atoms with Crippen molar-refractivity contribution in [2.45, 2.75) is 20.2 Å². The van der Waals surface area contributed by atoms with Gasteiger partial charge in [-0.25, -0.2) is 0 Å². The van der Waals surface area contributed by atoms with Gasteiger partial charge < -0.3 is 5.32 Å². The maximum Gasteiger partial charge on any atom is 0.0717 e. The highest BCUT2D eigenvalue weighted by atomic mass is 14.8. The Balaban J connectivity index is 0. The van der Waals surface area contributed by atoms with E-state index in [1.807, 2.05) is 27.1 Å². The highest BCUT2D eigenvalue weighted by Gasteiger charge is 1.80. The van der Waals surface area contributed by atoms with Gasteiger partial charge in [0.05, 0.1) is 7.85 Å². The second-order valence-corrected chi connectivity index (χ2v) is 1.42. The topological polar surface area (TPSA) is 12.0 Å². The van der Waals surface area contributed by atoms with E-state index in [2.05, 4.69) is 11.9 Å². The number of hydrogen-bond acceptors (Lipinski definition) is 1. The smallest absolute Gasteiger partial charge is 0.0717 e. The Kier molecular flexibility index (Phi) is 13.5. The van der Waals surface area contributed by atoms with Gasteiger partial charge in [0, 0.05) is 7.05 Å². The van der Waals surface area contributed by atoms with Crippen LogP contribution < -0.4 is 5.32 Å². The Morgan fingerprint density at radius 2 is 2.10 bits per heavy atom. The maximum atomic E-state index is 5.29. The van der Waals surface area contributed by atoms with E-state index in [4.69, 9.17) is 7.85 Å². The van der Waals surface area contributed by atoms with Gasteiger partial charge in [-0.3, -0.25) is 0 Å². The Bertz CT molecular complexity index is 97.4. The van der Waals surface area contributed by atoms with E-state index in [-0.39, 0.29) is 0 Å². The van der Waals surface area contributed by atoms with E-state index in [1.54, 1.807) is 6.08 Å². The summed E-state index contributed by atoms with van der Waals surface area (Å²) in [4.78, 5) is 0. The minimum atomic E-state index is 0.546. The molecule has 1 N–H and O–H groups in total. The number of hydrogen-bond donors (Lipinski definition) is 1. The molecule has 0 heterocycles. The average Bonchev–Trinajstić information content (AvgIpc) is 2.04. The summed E-state index contributed by atoms with van der Waals surface area (Å²) in [6.45, 7) is 7.56. The van der Waals surface area contributed by atoms with E-state index in [9.17, 15) is 0 Å². The molecule has 2 heteroatoms. The van der Waals surface area contributed by atoms with Crippen molar-refractivity contribution in [3.63, 3.8) is 0 Å². The molecular weight excluding hydrogens is 121 g/mol. The van der Waals surface area contributed by atoms with Gasteiger partial charge in [0.2, 0.25) is 0 Å². The van der Waals surface area contributed by atoms with Crippen LogP contribution in [-0.4, -0.2) is 14.9 Å². The quantitative estimate of drug-likeness (QED) is 0.462. The van der Waals surface area contributed by atoms with Gasteiger partial charge in [0.25, 0.3) is 0 Å². The molecule has 0 aromatic rings. The molecule has 0 aliphatic rings. The summed E-state index contributed by atoms with van der Waals surface area (Å²) in [5.74, 6) is 0. The molecule has 0 bridgehead atoms. The first kappa shape index (κ1) is 12.1. The van der Waals surface area contributed by atoms with Crippen molar-refractivity contribution in [2.75, 3.05) is 7.05 Å². The minimum absolute atomic E-state index is 0.546. The van der Waals surface area contributed by atoms with Crippen LogP contribution in [0.1, 0.15) is 13.8 Å². The summed E-state index contributed by atoms with van der Waals surface area (Å²) in [5.41, 5.74) is 1.02. The molecule has 0 fully saturated rings. The Hall–Kier alpha value is -0.655. The summed E-state index contributed by atoms with van der Waals surface area (Å²) in [7, 11) is 7.12. The Morgan fingerprint density at radius 3 is 2.20 bits per heavy atom. The molecule has 2 radical (unpaired) electrons. The van der Waals surface area contributed by atoms with Crippen molar-refractivity contribution in [1.82, 2.24) is 5.32 Å². The van der Waals surface area contributed by atoms with Crippen molar-refractivity contribution in [1.29, 1.82) is 0 Å². The summed E-state index contributed by atoms with van der Waals surface area (Å²) >= 11 is 0. The van der Waals surface area contributed by atoms with Crippen molar-refractivity contribution >= 4 is 7.85 Å². The monoisotopic (exact) mass is 137 g/mol. The molecule has 10 heavy (non-hydrogen) atoms. The van der Waals surface area contributed by atoms with Crippen molar-refractivity contribution in [3.05, 3.63) is 24.4 Å². The molecule has 0 rings (SSSR count). The molecule has 0 unspecified atom stereocenters. The van der Waals surface area contributed by atoms with E-state index < -0.39 is 0 Å². The van der Waals surface area contributed by atoms with Crippen LogP contribution in [0.3, 0.4) is 0 Å². The predicted molar refractivity (Wildman–Crippen MR) is 49.2 cm³/mol. The molecule has 0 saturated heterocycles. The van der Waals surface area contributed by atoms with Gasteiger partial charge in [-0.15, -0.1) is 0 Å². The Labute approximate surface area is 65.6 Å². The minimum Gasteiger partial charge on any atom is -0.394 e. The van der Waals surface area contributed by atoms with Crippen molar-refractivity contribution in [2.24, 2.45) is 0 Å².